The van der Waals surface area contributed by atoms with Crippen LogP contribution in [0.15, 0.2) is 72.8 Å². The molecular weight excluding hydrogens is 324 g/mol. The molecule has 0 radical (unpaired) electrons. The van der Waals surface area contributed by atoms with Crippen LogP contribution in [0.2, 0.25) is 0 Å². The fourth-order valence-electron chi connectivity index (χ4n) is 2.56. The predicted molar refractivity (Wildman–Crippen MR) is 105 cm³/mol. The topological polar surface area (TPSA) is 35.5 Å². The second kappa shape index (κ2) is 8.17. The lowest BCUT2D eigenvalue weighted by Gasteiger charge is -2.10. The second-order valence-electron chi connectivity index (χ2n) is 5.91. The quantitative estimate of drug-likeness (QED) is 0.353. The maximum atomic E-state index is 12.3. The summed E-state index contributed by atoms with van der Waals surface area (Å²) in [6.07, 6.45) is 4.01. The van der Waals surface area contributed by atoms with Gasteiger partial charge in [-0.3, -0.25) is 0 Å². The number of aryl methyl sites for hydroxylation is 1. The van der Waals surface area contributed by atoms with Crippen LogP contribution in [0.5, 0.6) is 11.5 Å². The van der Waals surface area contributed by atoms with E-state index in [9.17, 15) is 4.79 Å². The van der Waals surface area contributed by atoms with Crippen LogP contribution in [0.25, 0.3) is 12.2 Å². The third-order valence-corrected chi connectivity index (χ3v) is 3.91. The van der Waals surface area contributed by atoms with Crippen LogP contribution in [-0.4, -0.2) is 13.1 Å². The van der Waals surface area contributed by atoms with E-state index in [0.29, 0.717) is 17.1 Å². The summed E-state index contributed by atoms with van der Waals surface area (Å²) in [5.41, 5.74) is 3.59. The summed E-state index contributed by atoms with van der Waals surface area (Å²) in [5, 5.41) is 0. The lowest BCUT2D eigenvalue weighted by atomic mass is 10.1. The fourth-order valence-corrected chi connectivity index (χ4v) is 2.56. The van der Waals surface area contributed by atoms with E-state index in [1.54, 1.807) is 25.3 Å². The number of benzene rings is 3. The van der Waals surface area contributed by atoms with Gasteiger partial charge in [-0.2, -0.15) is 0 Å². The molecule has 0 atom stereocenters. The molecule has 0 amide bonds. The zero-order chi connectivity index (χ0) is 18.4. The minimum absolute atomic E-state index is 0.399. The first-order chi connectivity index (χ1) is 12.7. The van der Waals surface area contributed by atoms with Gasteiger partial charge in [0.05, 0.1) is 12.7 Å². The van der Waals surface area contributed by atoms with Gasteiger partial charge in [0.1, 0.15) is 0 Å². The number of esters is 1. The van der Waals surface area contributed by atoms with Gasteiger partial charge < -0.3 is 9.47 Å². The molecule has 0 bridgehead atoms. The molecule has 3 aromatic carbocycles. The van der Waals surface area contributed by atoms with E-state index < -0.39 is 5.97 Å². The van der Waals surface area contributed by atoms with E-state index >= 15 is 0 Å². The molecule has 0 unspecified atom stereocenters. The molecule has 3 rings (SSSR count). The molecule has 0 fully saturated rings. The Morgan fingerprint density at radius 1 is 0.808 bits per heavy atom. The summed E-state index contributed by atoms with van der Waals surface area (Å²) in [4.78, 5) is 12.3. The number of rotatable bonds is 5. The van der Waals surface area contributed by atoms with Gasteiger partial charge in [0.2, 0.25) is 0 Å². The molecule has 3 heteroatoms. The van der Waals surface area contributed by atoms with E-state index in [1.807, 2.05) is 73.7 Å². The number of carbonyl (C=O) groups excluding carboxylic acids is 1. The molecule has 0 aromatic heterocycles. The summed E-state index contributed by atoms with van der Waals surface area (Å²) in [5.74, 6) is 0.511. The van der Waals surface area contributed by atoms with Gasteiger partial charge in [-0.15, -0.1) is 0 Å². The molecule has 26 heavy (non-hydrogen) atoms. The molecule has 0 heterocycles. The van der Waals surface area contributed by atoms with E-state index in [2.05, 4.69) is 0 Å². The van der Waals surface area contributed by atoms with E-state index in [1.165, 1.54) is 0 Å². The van der Waals surface area contributed by atoms with Crippen molar-refractivity contribution in [3.05, 3.63) is 95.1 Å². The van der Waals surface area contributed by atoms with Crippen LogP contribution in [-0.2, 0) is 0 Å². The Bertz CT molecular complexity index is 927. The van der Waals surface area contributed by atoms with Gasteiger partial charge in [0.15, 0.2) is 11.5 Å². The molecule has 0 N–H and O–H groups in total. The van der Waals surface area contributed by atoms with Crippen molar-refractivity contribution in [2.45, 2.75) is 6.92 Å². The van der Waals surface area contributed by atoms with Crippen molar-refractivity contribution in [1.82, 2.24) is 0 Å². The van der Waals surface area contributed by atoms with Crippen molar-refractivity contribution in [3.63, 3.8) is 0 Å². The summed E-state index contributed by atoms with van der Waals surface area (Å²) in [7, 11) is 1.56. The summed E-state index contributed by atoms with van der Waals surface area (Å²) >= 11 is 0. The van der Waals surface area contributed by atoms with Gasteiger partial charge in [-0.25, -0.2) is 4.79 Å². The standard InChI is InChI=1S/C23H20O3/c1-17-7-6-10-20(15-17)23(24)26-21-14-13-19(16-22(21)25-2)12-11-18-8-4-3-5-9-18/h3-16H,1-2H3. The number of hydrogen-bond acceptors (Lipinski definition) is 3. The van der Waals surface area contributed by atoms with E-state index in [-0.39, 0.29) is 0 Å². The van der Waals surface area contributed by atoms with Gasteiger partial charge in [-0.05, 0) is 42.3 Å². The molecule has 3 aromatic rings. The van der Waals surface area contributed by atoms with Crippen molar-refractivity contribution >= 4 is 18.1 Å². The minimum Gasteiger partial charge on any atom is -0.493 e. The van der Waals surface area contributed by atoms with Crippen LogP contribution < -0.4 is 9.47 Å². The molecular formula is C23H20O3. The minimum atomic E-state index is -0.403. The smallest absolute Gasteiger partial charge is 0.343 e. The highest BCUT2D eigenvalue weighted by Crippen LogP contribution is 2.29. The monoisotopic (exact) mass is 344 g/mol. The van der Waals surface area contributed by atoms with Crippen molar-refractivity contribution < 1.29 is 14.3 Å². The zero-order valence-electron chi connectivity index (χ0n) is 14.8. The Morgan fingerprint density at radius 3 is 2.31 bits per heavy atom. The van der Waals surface area contributed by atoms with E-state index in [4.69, 9.17) is 9.47 Å². The highest BCUT2D eigenvalue weighted by atomic mass is 16.6. The van der Waals surface area contributed by atoms with Gasteiger partial charge >= 0.3 is 5.97 Å². The average Bonchev–Trinajstić information content (AvgIpc) is 2.68. The van der Waals surface area contributed by atoms with Gasteiger partial charge in [0.25, 0.3) is 0 Å². The molecule has 0 aliphatic carbocycles. The molecule has 0 aliphatic heterocycles. The number of ether oxygens (including phenoxy) is 2. The third kappa shape index (κ3) is 4.39. The summed E-state index contributed by atoms with van der Waals surface area (Å²) in [6, 6.07) is 22.8. The molecule has 0 aliphatic rings. The van der Waals surface area contributed by atoms with E-state index in [0.717, 1.165) is 16.7 Å². The lowest BCUT2D eigenvalue weighted by molar-refractivity contribution is 0.0729. The van der Waals surface area contributed by atoms with Crippen LogP contribution in [0, 0.1) is 6.92 Å². The first kappa shape index (κ1) is 17.5. The number of carbonyl (C=O) groups is 1. The second-order valence-corrected chi connectivity index (χ2v) is 5.91. The van der Waals surface area contributed by atoms with Gasteiger partial charge in [0, 0.05) is 0 Å². The zero-order valence-corrected chi connectivity index (χ0v) is 14.8. The van der Waals surface area contributed by atoms with Crippen molar-refractivity contribution in [1.29, 1.82) is 0 Å². The molecule has 0 saturated heterocycles. The van der Waals surface area contributed by atoms with Crippen LogP contribution in [0.4, 0.5) is 0 Å². The maximum Gasteiger partial charge on any atom is 0.343 e. The maximum absolute atomic E-state index is 12.3. The van der Waals surface area contributed by atoms with Crippen molar-refractivity contribution in [2.75, 3.05) is 7.11 Å². The largest absolute Gasteiger partial charge is 0.493 e. The number of hydrogen-bond donors (Lipinski definition) is 0. The first-order valence-electron chi connectivity index (χ1n) is 8.36. The molecule has 0 saturated carbocycles. The van der Waals surface area contributed by atoms with Gasteiger partial charge in [-0.1, -0.05) is 66.2 Å². The number of methoxy groups -OCH3 is 1. The SMILES string of the molecule is COc1cc(C=Cc2ccccc2)ccc1OC(=O)c1cccc(C)c1. The Hall–Kier alpha value is -3.33. The Balaban J connectivity index is 1.78. The normalized spacial score (nSPS) is 10.7. The third-order valence-electron chi connectivity index (χ3n) is 3.91. The highest BCUT2D eigenvalue weighted by Gasteiger charge is 2.12. The Labute approximate surface area is 153 Å². The Kier molecular flexibility index (Phi) is 5.49. The highest BCUT2D eigenvalue weighted by molar-refractivity contribution is 5.91. The molecule has 130 valence electrons. The predicted octanol–water partition coefficient (Wildman–Crippen LogP) is 5.39. The molecule has 3 nitrogen and oxygen atoms in total. The summed E-state index contributed by atoms with van der Waals surface area (Å²) < 4.78 is 10.9. The van der Waals surface area contributed by atoms with Crippen LogP contribution >= 0.6 is 0 Å². The molecule has 0 spiro atoms. The van der Waals surface area contributed by atoms with Crippen LogP contribution in [0.3, 0.4) is 0 Å². The fraction of sp³-hybridized carbons (Fsp3) is 0.0870. The van der Waals surface area contributed by atoms with Crippen molar-refractivity contribution in [2.24, 2.45) is 0 Å². The van der Waals surface area contributed by atoms with Crippen molar-refractivity contribution in [3.8, 4) is 11.5 Å². The average molecular weight is 344 g/mol. The first-order valence-corrected chi connectivity index (χ1v) is 8.36. The lowest BCUT2D eigenvalue weighted by Crippen LogP contribution is -2.09. The Morgan fingerprint density at radius 2 is 1.58 bits per heavy atom. The van der Waals surface area contributed by atoms with Crippen LogP contribution in [0.1, 0.15) is 27.0 Å². The summed E-state index contributed by atoms with van der Waals surface area (Å²) in [6.45, 7) is 1.94.